The number of benzene rings is 3. The molecule has 0 saturated carbocycles. The highest BCUT2D eigenvalue weighted by Gasteiger charge is 2.21. The Bertz CT molecular complexity index is 1320. The van der Waals surface area contributed by atoms with Crippen molar-refractivity contribution in [1.29, 1.82) is 0 Å². The Morgan fingerprint density at radius 1 is 0.857 bits per heavy atom. The molecule has 0 amide bonds. The summed E-state index contributed by atoms with van der Waals surface area (Å²) in [4.78, 5) is 15.7. The normalized spacial score (nSPS) is 11.5. The Labute approximate surface area is 170 Å². The van der Waals surface area contributed by atoms with Crippen LogP contribution in [0.5, 0.6) is 0 Å². The van der Waals surface area contributed by atoms with E-state index >= 15 is 0 Å². The fourth-order valence-corrected chi connectivity index (χ4v) is 4.52. The minimum atomic E-state index is -3.93. The third kappa shape index (κ3) is 3.46. The summed E-state index contributed by atoms with van der Waals surface area (Å²) in [6.45, 7) is 0. The minimum Gasteiger partial charge on any atom is -0.320 e. The lowest BCUT2D eigenvalue weighted by molar-refractivity contribution is 0.601. The van der Waals surface area contributed by atoms with E-state index < -0.39 is 15.6 Å². The Morgan fingerprint density at radius 3 is 2.18 bits per heavy atom. The summed E-state index contributed by atoms with van der Waals surface area (Å²) in [5.41, 5.74) is 1.37. The molecule has 0 saturated heterocycles. The second-order valence-corrected chi connectivity index (χ2v) is 8.78. The van der Waals surface area contributed by atoms with Gasteiger partial charge in [-0.2, -0.15) is 0 Å². The van der Waals surface area contributed by atoms with Gasteiger partial charge >= 0.3 is 0 Å². The fourth-order valence-electron chi connectivity index (χ4n) is 3.06. The van der Waals surface area contributed by atoms with Crippen molar-refractivity contribution >= 4 is 42.5 Å². The van der Waals surface area contributed by atoms with Gasteiger partial charge in [0, 0.05) is 20.9 Å². The van der Waals surface area contributed by atoms with Crippen LogP contribution < -0.4 is 10.3 Å². The van der Waals surface area contributed by atoms with E-state index in [9.17, 15) is 13.2 Å². The number of pyridine rings is 1. The summed E-state index contributed by atoms with van der Waals surface area (Å²) in [6.07, 6.45) is 0. The first-order valence-electron chi connectivity index (χ1n) is 8.44. The number of halogens is 1. The van der Waals surface area contributed by atoms with E-state index in [2.05, 4.69) is 25.6 Å². The van der Waals surface area contributed by atoms with Gasteiger partial charge in [-0.05, 0) is 35.9 Å². The summed E-state index contributed by atoms with van der Waals surface area (Å²) in [7, 11) is -3.93. The number of fused-ring (bicyclic) bond motifs is 1. The number of rotatable bonds is 4. The molecule has 1 heterocycles. The molecule has 28 heavy (non-hydrogen) atoms. The van der Waals surface area contributed by atoms with Gasteiger partial charge in [-0.15, -0.1) is 0 Å². The molecule has 3 aromatic carbocycles. The highest BCUT2D eigenvalue weighted by atomic mass is 79.9. The first-order chi connectivity index (χ1) is 13.5. The molecule has 1 aromatic heterocycles. The lowest BCUT2D eigenvalue weighted by atomic mass is 10.00. The molecule has 0 bridgehead atoms. The molecule has 5 nitrogen and oxygen atoms in total. The number of aromatic amines is 1. The Kier molecular flexibility index (Phi) is 4.78. The van der Waals surface area contributed by atoms with Crippen LogP contribution in [0.25, 0.3) is 22.0 Å². The van der Waals surface area contributed by atoms with Gasteiger partial charge < -0.3 is 4.98 Å². The van der Waals surface area contributed by atoms with Gasteiger partial charge in [-0.1, -0.05) is 64.5 Å². The standard InChI is InChI=1S/C21H15BrN2O3S/c22-15-11-12-18-17(13-15)19(14-7-3-1-4-8-14)20(21(25)23-18)24-28(26,27)16-9-5-2-6-10-16/h1-13,24H,(H,23,25). The van der Waals surface area contributed by atoms with Crippen molar-refractivity contribution in [3.63, 3.8) is 0 Å². The second-order valence-electron chi connectivity index (χ2n) is 6.18. The van der Waals surface area contributed by atoms with E-state index in [1.165, 1.54) is 12.1 Å². The van der Waals surface area contributed by atoms with Crippen LogP contribution in [0.2, 0.25) is 0 Å². The van der Waals surface area contributed by atoms with Crippen LogP contribution in [0.15, 0.2) is 93.0 Å². The largest absolute Gasteiger partial charge is 0.320 e. The molecule has 140 valence electrons. The van der Waals surface area contributed by atoms with Crippen molar-refractivity contribution in [1.82, 2.24) is 4.98 Å². The Hall–Kier alpha value is -2.90. The molecule has 2 N–H and O–H groups in total. The summed E-state index contributed by atoms with van der Waals surface area (Å²) in [5.74, 6) is 0. The molecule has 0 aliphatic heterocycles. The average molecular weight is 455 g/mol. The van der Waals surface area contributed by atoms with Crippen molar-refractivity contribution in [3.05, 3.63) is 93.7 Å². The SMILES string of the molecule is O=c1[nH]c2ccc(Br)cc2c(-c2ccccc2)c1NS(=O)(=O)c1ccccc1. The van der Waals surface area contributed by atoms with E-state index in [4.69, 9.17) is 0 Å². The highest BCUT2D eigenvalue weighted by molar-refractivity contribution is 9.10. The molecule has 0 radical (unpaired) electrons. The van der Waals surface area contributed by atoms with Gasteiger partial charge in [0.1, 0.15) is 5.69 Å². The van der Waals surface area contributed by atoms with E-state index in [0.29, 0.717) is 11.1 Å². The molecule has 0 aliphatic rings. The summed E-state index contributed by atoms with van der Waals surface area (Å²) < 4.78 is 29.0. The monoisotopic (exact) mass is 454 g/mol. The van der Waals surface area contributed by atoms with E-state index in [1.54, 1.807) is 24.3 Å². The number of hydrogen-bond acceptors (Lipinski definition) is 3. The van der Waals surface area contributed by atoms with Crippen LogP contribution in [0.3, 0.4) is 0 Å². The molecular weight excluding hydrogens is 440 g/mol. The van der Waals surface area contributed by atoms with Gasteiger partial charge in [0.25, 0.3) is 15.6 Å². The third-order valence-electron chi connectivity index (χ3n) is 4.33. The zero-order valence-corrected chi connectivity index (χ0v) is 16.9. The van der Waals surface area contributed by atoms with E-state index in [-0.39, 0.29) is 10.6 Å². The molecule has 0 spiro atoms. The summed E-state index contributed by atoms with van der Waals surface area (Å²) in [5, 5.41) is 0.728. The number of sulfonamides is 1. The van der Waals surface area contributed by atoms with Crippen molar-refractivity contribution in [3.8, 4) is 11.1 Å². The average Bonchev–Trinajstić information content (AvgIpc) is 2.70. The number of H-pyrrole nitrogens is 1. The highest BCUT2D eigenvalue weighted by Crippen LogP contribution is 2.34. The topological polar surface area (TPSA) is 79.0 Å². The van der Waals surface area contributed by atoms with Gasteiger partial charge in [0.15, 0.2) is 0 Å². The Morgan fingerprint density at radius 2 is 1.50 bits per heavy atom. The number of hydrogen-bond donors (Lipinski definition) is 2. The van der Waals surface area contributed by atoms with Gasteiger partial charge in [-0.25, -0.2) is 8.42 Å². The van der Waals surface area contributed by atoms with Crippen molar-refractivity contribution < 1.29 is 8.42 Å². The predicted molar refractivity (Wildman–Crippen MR) is 115 cm³/mol. The zero-order valence-electron chi connectivity index (χ0n) is 14.5. The fraction of sp³-hybridized carbons (Fsp3) is 0. The summed E-state index contributed by atoms with van der Waals surface area (Å²) in [6, 6.07) is 22.7. The molecule has 4 rings (SSSR count). The second kappa shape index (κ2) is 7.26. The molecule has 0 aliphatic carbocycles. The van der Waals surface area contributed by atoms with Crippen molar-refractivity contribution in [2.24, 2.45) is 0 Å². The van der Waals surface area contributed by atoms with Gasteiger partial charge in [-0.3, -0.25) is 9.52 Å². The van der Waals surface area contributed by atoms with Crippen LogP contribution in [0.4, 0.5) is 5.69 Å². The van der Waals surface area contributed by atoms with Crippen molar-refractivity contribution in [2.45, 2.75) is 4.90 Å². The summed E-state index contributed by atoms with van der Waals surface area (Å²) >= 11 is 3.45. The van der Waals surface area contributed by atoms with Gasteiger partial charge in [0.2, 0.25) is 0 Å². The van der Waals surface area contributed by atoms with Crippen LogP contribution in [-0.2, 0) is 10.0 Å². The van der Waals surface area contributed by atoms with Crippen LogP contribution in [-0.4, -0.2) is 13.4 Å². The predicted octanol–water partition coefficient (Wildman–Crippen LogP) is 4.76. The molecular formula is C21H15BrN2O3S. The molecule has 4 aromatic rings. The first kappa shape index (κ1) is 18.5. The number of nitrogens with one attached hydrogen (secondary N) is 2. The van der Waals surface area contributed by atoms with E-state index in [1.807, 2.05) is 42.5 Å². The van der Waals surface area contributed by atoms with Crippen LogP contribution in [0.1, 0.15) is 0 Å². The van der Waals surface area contributed by atoms with Crippen molar-refractivity contribution in [2.75, 3.05) is 4.72 Å². The van der Waals surface area contributed by atoms with Gasteiger partial charge in [0.05, 0.1) is 4.90 Å². The van der Waals surface area contributed by atoms with Crippen LogP contribution in [0, 0.1) is 0 Å². The number of aromatic nitrogens is 1. The Balaban J connectivity index is 2.01. The molecule has 7 heteroatoms. The lowest BCUT2D eigenvalue weighted by Gasteiger charge is -2.15. The first-order valence-corrected chi connectivity index (χ1v) is 10.7. The maximum atomic E-state index is 12.9. The van der Waals surface area contributed by atoms with E-state index in [0.717, 1.165) is 15.4 Å². The quantitative estimate of drug-likeness (QED) is 0.466. The molecule has 0 fully saturated rings. The lowest BCUT2D eigenvalue weighted by Crippen LogP contribution is -2.21. The molecule has 0 unspecified atom stereocenters. The zero-order chi connectivity index (χ0) is 19.7. The smallest absolute Gasteiger partial charge is 0.273 e. The third-order valence-corrected chi connectivity index (χ3v) is 6.19. The number of anilines is 1. The van der Waals surface area contributed by atoms with Crippen LogP contribution >= 0.6 is 15.9 Å². The molecule has 0 atom stereocenters. The maximum absolute atomic E-state index is 12.9. The maximum Gasteiger partial charge on any atom is 0.273 e. The minimum absolute atomic E-state index is 0.0133.